The first-order valence-corrected chi connectivity index (χ1v) is 6.87. The third-order valence-corrected chi connectivity index (χ3v) is 3.16. The summed E-state index contributed by atoms with van der Waals surface area (Å²) in [4.78, 5) is 4.42. The molecule has 1 aromatic carbocycles. The molecule has 0 saturated carbocycles. The summed E-state index contributed by atoms with van der Waals surface area (Å²) in [7, 11) is 0. The number of nitrogens with zero attached hydrogens (tertiary/aromatic N) is 1. The molecule has 0 unspecified atom stereocenters. The fourth-order valence-corrected chi connectivity index (χ4v) is 2.10. The highest BCUT2D eigenvalue weighted by molar-refractivity contribution is 5.34. The summed E-state index contributed by atoms with van der Waals surface area (Å²) in [6.45, 7) is 7.40. The molecule has 1 heterocycles. The van der Waals surface area contributed by atoms with E-state index in [0.29, 0.717) is 6.04 Å². The maximum absolute atomic E-state index is 4.42. The number of aromatic nitrogens is 1. The van der Waals surface area contributed by atoms with Gasteiger partial charge in [-0.3, -0.25) is 4.98 Å². The van der Waals surface area contributed by atoms with Crippen LogP contribution in [0, 0.1) is 6.92 Å². The molecule has 1 N–H and O–H groups in total. The molecule has 2 heteroatoms. The van der Waals surface area contributed by atoms with E-state index in [2.05, 4.69) is 55.3 Å². The minimum atomic E-state index is 0.504. The summed E-state index contributed by atoms with van der Waals surface area (Å²) >= 11 is 0. The number of hydrogen-bond acceptors (Lipinski definition) is 2. The van der Waals surface area contributed by atoms with Crippen LogP contribution in [0.4, 0.5) is 0 Å². The second-order valence-corrected chi connectivity index (χ2v) is 5.31. The van der Waals surface area contributed by atoms with Crippen molar-refractivity contribution in [2.75, 3.05) is 0 Å². The Hall–Kier alpha value is -1.67. The number of rotatable bonds is 5. The van der Waals surface area contributed by atoms with E-state index in [1.54, 1.807) is 0 Å². The molecule has 2 rings (SSSR count). The van der Waals surface area contributed by atoms with Gasteiger partial charge in [-0.25, -0.2) is 0 Å². The van der Waals surface area contributed by atoms with Gasteiger partial charge in [0.1, 0.15) is 0 Å². The van der Waals surface area contributed by atoms with Gasteiger partial charge in [0.2, 0.25) is 0 Å². The molecule has 0 aliphatic carbocycles. The highest BCUT2D eigenvalue weighted by Gasteiger charge is 2.05. The first kappa shape index (κ1) is 13.8. The average Bonchev–Trinajstić information content (AvgIpc) is 2.39. The SMILES string of the molecule is Cc1ccc(CNC(C)C)c(Cc2ccccn2)c1. The highest BCUT2D eigenvalue weighted by Crippen LogP contribution is 2.15. The zero-order valence-electron chi connectivity index (χ0n) is 12.0. The van der Waals surface area contributed by atoms with Gasteiger partial charge in [-0.1, -0.05) is 43.7 Å². The van der Waals surface area contributed by atoms with Crippen LogP contribution in [0.2, 0.25) is 0 Å². The third kappa shape index (κ3) is 4.18. The minimum absolute atomic E-state index is 0.504. The van der Waals surface area contributed by atoms with E-state index in [4.69, 9.17) is 0 Å². The molecule has 0 bridgehead atoms. The normalized spacial score (nSPS) is 10.9. The van der Waals surface area contributed by atoms with Crippen LogP contribution in [-0.4, -0.2) is 11.0 Å². The van der Waals surface area contributed by atoms with Crippen LogP contribution in [0.3, 0.4) is 0 Å². The van der Waals surface area contributed by atoms with Gasteiger partial charge >= 0.3 is 0 Å². The molecular formula is C17H22N2. The summed E-state index contributed by atoms with van der Waals surface area (Å²) in [5, 5.41) is 3.49. The highest BCUT2D eigenvalue weighted by atomic mass is 14.9. The van der Waals surface area contributed by atoms with Gasteiger partial charge in [0.25, 0.3) is 0 Å². The van der Waals surface area contributed by atoms with E-state index >= 15 is 0 Å². The zero-order chi connectivity index (χ0) is 13.7. The Morgan fingerprint density at radius 3 is 2.63 bits per heavy atom. The first-order chi connectivity index (χ1) is 9.15. The zero-order valence-corrected chi connectivity index (χ0v) is 12.0. The second-order valence-electron chi connectivity index (χ2n) is 5.31. The van der Waals surface area contributed by atoms with Crippen LogP contribution in [0.5, 0.6) is 0 Å². The lowest BCUT2D eigenvalue weighted by molar-refractivity contribution is 0.586. The first-order valence-electron chi connectivity index (χ1n) is 6.87. The number of hydrogen-bond donors (Lipinski definition) is 1. The van der Waals surface area contributed by atoms with Crippen molar-refractivity contribution in [3.05, 3.63) is 65.0 Å². The van der Waals surface area contributed by atoms with Crippen molar-refractivity contribution in [2.24, 2.45) is 0 Å². The summed E-state index contributed by atoms with van der Waals surface area (Å²) in [6, 6.07) is 13.3. The van der Waals surface area contributed by atoms with E-state index in [-0.39, 0.29) is 0 Å². The van der Waals surface area contributed by atoms with Crippen LogP contribution >= 0.6 is 0 Å². The molecule has 0 atom stereocenters. The molecule has 0 saturated heterocycles. The van der Waals surface area contributed by atoms with Crippen molar-refractivity contribution in [2.45, 2.75) is 39.8 Å². The van der Waals surface area contributed by atoms with Gasteiger partial charge in [-0.05, 0) is 30.2 Å². The molecule has 0 aliphatic rings. The smallest absolute Gasteiger partial charge is 0.0447 e. The van der Waals surface area contributed by atoms with Gasteiger partial charge in [0.15, 0.2) is 0 Å². The monoisotopic (exact) mass is 254 g/mol. The van der Waals surface area contributed by atoms with Crippen LogP contribution in [0.15, 0.2) is 42.6 Å². The fraction of sp³-hybridized carbons (Fsp3) is 0.353. The van der Waals surface area contributed by atoms with Crippen LogP contribution < -0.4 is 5.32 Å². The lowest BCUT2D eigenvalue weighted by atomic mass is 10.00. The number of aryl methyl sites for hydroxylation is 1. The Morgan fingerprint density at radius 1 is 1.11 bits per heavy atom. The van der Waals surface area contributed by atoms with E-state index in [1.807, 2.05) is 18.3 Å². The minimum Gasteiger partial charge on any atom is -0.310 e. The van der Waals surface area contributed by atoms with Crippen molar-refractivity contribution >= 4 is 0 Å². The van der Waals surface area contributed by atoms with Crippen molar-refractivity contribution in [1.29, 1.82) is 0 Å². The molecule has 0 spiro atoms. The molecular weight excluding hydrogens is 232 g/mol. The number of benzene rings is 1. The standard InChI is InChI=1S/C17H22N2/c1-13(2)19-12-15-8-7-14(3)10-16(15)11-17-6-4-5-9-18-17/h4-10,13,19H,11-12H2,1-3H3. The lowest BCUT2D eigenvalue weighted by Gasteiger charge is -2.13. The molecule has 100 valence electrons. The van der Waals surface area contributed by atoms with Crippen molar-refractivity contribution in [3.63, 3.8) is 0 Å². The quantitative estimate of drug-likeness (QED) is 0.883. The second kappa shape index (κ2) is 6.48. The Balaban J connectivity index is 2.19. The predicted molar refractivity (Wildman–Crippen MR) is 80.2 cm³/mol. The van der Waals surface area contributed by atoms with Gasteiger partial charge in [0.05, 0.1) is 0 Å². The topological polar surface area (TPSA) is 24.9 Å². The summed E-state index contributed by atoms with van der Waals surface area (Å²) in [5.41, 5.74) is 5.16. The summed E-state index contributed by atoms with van der Waals surface area (Å²) in [5.74, 6) is 0. The van der Waals surface area contributed by atoms with Gasteiger partial charge < -0.3 is 5.32 Å². The van der Waals surface area contributed by atoms with Crippen LogP contribution in [0.25, 0.3) is 0 Å². The Kier molecular flexibility index (Phi) is 4.69. The van der Waals surface area contributed by atoms with Crippen LogP contribution in [-0.2, 0) is 13.0 Å². The molecule has 2 nitrogen and oxygen atoms in total. The van der Waals surface area contributed by atoms with E-state index in [9.17, 15) is 0 Å². The number of nitrogens with one attached hydrogen (secondary N) is 1. The van der Waals surface area contributed by atoms with Crippen molar-refractivity contribution in [3.8, 4) is 0 Å². The Labute approximate surface area is 115 Å². The van der Waals surface area contributed by atoms with Crippen molar-refractivity contribution < 1.29 is 0 Å². The van der Waals surface area contributed by atoms with Gasteiger partial charge in [-0.2, -0.15) is 0 Å². The molecule has 19 heavy (non-hydrogen) atoms. The van der Waals surface area contributed by atoms with E-state index in [1.165, 1.54) is 16.7 Å². The van der Waals surface area contributed by atoms with Gasteiger partial charge in [0, 0.05) is 30.9 Å². The molecule has 1 aromatic heterocycles. The Morgan fingerprint density at radius 2 is 1.95 bits per heavy atom. The van der Waals surface area contributed by atoms with E-state index < -0.39 is 0 Å². The maximum atomic E-state index is 4.42. The summed E-state index contributed by atoms with van der Waals surface area (Å²) in [6.07, 6.45) is 2.76. The number of pyridine rings is 1. The van der Waals surface area contributed by atoms with Gasteiger partial charge in [-0.15, -0.1) is 0 Å². The fourth-order valence-electron chi connectivity index (χ4n) is 2.10. The van der Waals surface area contributed by atoms with Crippen LogP contribution in [0.1, 0.15) is 36.2 Å². The third-order valence-electron chi connectivity index (χ3n) is 3.16. The molecule has 0 aliphatic heterocycles. The van der Waals surface area contributed by atoms with Crippen molar-refractivity contribution in [1.82, 2.24) is 10.3 Å². The molecule has 0 amide bonds. The summed E-state index contributed by atoms with van der Waals surface area (Å²) < 4.78 is 0. The Bertz CT molecular complexity index is 518. The largest absolute Gasteiger partial charge is 0.310 e. The van der Waals surface area contributed by atoms with E-state index in [0.717, 1.165) is 18.7 Å². The predicted octanol–water partition coefficient (Wildman–Crippen LogP) is 3.48. The average molecular weight is 254 g/mol. The maximum Gasteiger partial charge on any atom is 0.0447 e. The molecule has 0 radical (unpaired) electrons. The molecule has 2 aromatic rings. The molecule has 0 fully saturated rings. The lowest BCUT2D eigenvalue weighted by Crippen LogP contribution is -2.22.